The van der Waals surface area contributed by atoms with Gasteiger partial charge in [0.2, 0.25) is 0 Å². The van der Waals surface area contributed by atoms with Gasteiger partial charge >= 0.3 is 0 Å². The fraction of sp³-hybridized carbons (Fsp3) is 0.294. The second-order valence-electron chi connectivity index (χ2n) is 5.60. The van der Waals surface area contributed by atoms with Crippen molar-refractivity contribution in [2.24, 2.45) is 0 Å². The van der Waals surface area contributed by atoms with Crippen LogP contribution in [0.4, 0.5) is 0 Å². The van der Waals surface area contributed by atoms with Crippen LogP contribution in [-0.2, 0) is 0 Å². The average Bonchev–Trinajstić information content (AvgIpc) is 2.49. The number of phenolic OH excluding ortho intramolecular Hbond substituents is 2. The highest BCUT2D eigenvalue weighted by atomic mass is 16.5. The molecule has 1 heterocycles. The molecule has 1 aliphatic rings. The fourth-order valence-electron chi connectivity index (χ4n) is 3.11. The van der Waals surface area contributed by atoms with E-state index in [4.69, 9.17) is 4.74 Å². The van der Waals surface area contributed by atoms with Crippen LogP contribution in [0.3, 0.4) is 0 Å². The van der Waals surface area contributed by atoms with Crippen LogP contribution in [-0.4, -0.2) is 40.9 Å². The van der Waals surface area contributed by atoms with E-state index in [0.29, 0.717) is 12.3 Å². The summed E-state index contributed by atoms with van der Waals surface area (Å²) in [5, 5.41) is 29.7. The lowest BCUT2D eigenvalue weighted by molar-refractivity contribution is 0.0941. The van der Waals surface area contributed by atoms with Crippen molar-refractivity contribution in [3.8, 4) is 17.2 Å². The second-order valence-corrected chi connectivity index (χ2v) is 5.60. The Morgan fingerprint density at radius 2 is 1.86 bits per heavy atom. The molecule has 5 nitrogen and oxygen atoms in total. The van der Waals surface area contributed by atoms with Gasteiger partial charge in [0, 0.05) is 6.54 Å². The Morgan fingerprint density at radius 1 is 1.09 bits per heavy atom. The standard InChI is InChI=1S/C17H19NO4/c1-18-9-15(21)13-8-11(19)4-5-12(13)17(18)10-3-6-14(20)16(7-10)22-2/h3-8,15,17,19-21H,9H2,1-2H3/t15-,17+/m0/s1. The number of hydrogen-bond acceptors (Lipinski definition) is 5. The third kappa shape index (κ3) is 2.38. The van der Waals surface area contributed by atoms with E-state index in [1.165, 1.54) is 7.11 Å². The van der Waals surface area contributed by atoms with Gasteiger partial charge in [-0.3, -0.25) is 4.90 Å². The molecule has 0 unspecified atom stereocenters. The SMILES string of the molecule is COc1cc([C@@H]2c3ccc(O)cc3[C@@H](O)CN2C)ccc1O. The molecule has 1 aliphatic heterocycles. The van der Waals surface area contributed by atoms with Crippen molar-refractivity contribution in [3.63, 3.8) is 0 Å². The van der Waals surface area contributed by atoms with Crippen LogP contribution >= 0.6 is 0 Å². The number of rotatable bonds is 2. The third-order valence-electron chi connectivity index (χ3n) is 4.15. The number of nitrogens with zero attached hydrogens (tertiary/aromatic N) is 1. The smallest absolute Gasteiger partial charge is 0.160 e. The molecule has 0 bridgehead atoms. The molecule has 0 saturated carbocycles. The van der Waals surface area contributed by atoms with Crippen LogP contribution in [0.25, 0.3) is 0 Å². The molecule has 3 N–H and O–H groups in total. The molecule has 2 aromatic rings. The topological polar surface area (TPSA) is 73.2 Å². The van der Waals surface area contributed by atoms with Crippen molar-refractivity contribution in [2.75, 3.05) is 20.7 Å². The van der Waals surface area contributed by atoms with E-state index in [2.05, 4.69) is 0 Å². The van der Waals surface area contributed by atoms with Gasteiger partial charge in [0.05, 0.1) is 19.3 Å². The van der Waals surface area contributed by atoms with Crippen molar-refractivity contribution in [1.82, 2.24) is 4.90 Å². The van der Waals surface area contributed by atoms with Crippen molar-refractivity contribution in [1.29, 1.82) is 0 Å². The number of aromatic hydroxyl groups is 2. The number of methoxy groups -OCH3 is 1. The normalized spacial score (nSPS) is 21.4. The highest BCUT2D eigenvalue weighted by Crippen LogP contribution is 2.41. The monoisotopic (exact) mass is 301 g/mol. The lowest BCUT2D eigenvalue weighted by atomic mass is 9.87. The van der Waals surface area contributed by atoms with Crippen LogP contribution in [0.1, 0.15) is 28.8 Å². The molecule has 0 spiro atoms. The predicted molar refractivity (Wildman–Crippen MR) is 82.2 cm³/mol. The molecule has 0 aromatic heterocycles. The van der Waals surface area contributed by atoms with Crippen molar-refractivity contribution >= 4 is 0 Å². The van der Waals surface area contributed by atoms with E-state index < -0.39 is 6.10 Å². The Hall–Kier alpha value is -2.24. The zero-order chi connectivity index (χ0) is 15.9. The predicted octanol–water partition coefficient (Wildman–Crippen LogP) is 2.17. The number of ether oxygens (including phenoxy) is 1. The first-order valence-corrected chi connectivity index (χ1v) is 7.09. The molecule has 0 aliphatic carbocycles. The lowest BCUT2D eigenvalue weighted by Crippen LogP contribution is -2.35. The molecule has 0 fully saturated rings. The van der Waals surface area contributed by atoms with Crippen molar-refractivity contribution in [3.05, 3.63) is 53.1 Å². The maximum absolute atomic E-state index is 10.2. The molecule has 2 aromatic carbocycles. The number of phenols is 2. The minimum Gasteiger partial charge on any atom is -0.508 e. The Bertz CT molecular complexity index is 701. The first-order valence-electron chi connectivity index (χ1n) is 7.09. The first-order chi connectivity index (χ1) is 10.5. The summed E-state index contributed by atoms with van der Waals surface area (Å²) >= 11 is 0. The van der Waals surface area contributed by atoms with E-state index >= 15 is 0 Å². The van der Waals surface area contributed by atoms with Crippen LogP contribution in [0.15, 0.2) is 36.4 Å². The number of benzene rings is 2. The van der Waals surface area contributed by atoms with Gasteiger partial charge < -0.3 is 20.1 Å². The zero-order valence-electron chi connectivity index (χ0n) is 12.5. The summed E-state index contributed by atoms with van der Waals surface area (Å²) in [5.74, 6) is 0.650. The lowest BCUT2D eigenvalue weighted by Gasteiger charge is -2.37. The van der Waals surface area contributed by atoms with Gasteiger partial charge in [-0.2, -0.15) is 0 Å². The Morgan fingerprint density at radius 3 is 2.59 bits per heavy atom. The molecule has 22 heavy (non-hydrogen) atoms. The Balaban J connectivity index is 2.12. The molecule has 0 radical (unpaired) electrons. The number of hydrogen-bond donors (Lipinski definition) is 3. The van der Waals surface area contributed by atoms with E-state index in [1.54, 1.807) is 24.3 Å². The van der Waals surface area contributed by atoms with Crippen LogP contribution in [0, 0.1) is 0 Å². The first kappa shape index (κ1) is 14.7. The summed E-state index contributed by atoms with van der Waals surface area (Å²) in [4.78, 5) is 2.04. The zero-order valence-corrected chi connectivity index (χ0v) is 12.5. The summed E-state index contributed by atoms with van der Waals surface area (Å²) in [6.45, 7) is 0.463. The highest BCUT2D eigenvalue weighted by molar-refractivity contribution is 5.48. The van der Waals surface area contributed by atoms with Gasteiger partial charge in [0.25, 0.3) is 0 Å². The molecular formula is C17H19NO4. The van der Waals surface area contributed by atoms with Crippen molar-refractivity contribution in [2.45, 2.75) is 12.1 Å². The van der Waals surface area contributed by atoms with Gasteiger partial charge in [0.15, 0.2) is 11.5 Å². The molecule has 116 valence electrons. The molecule has 2 atom stereocenters. The average molecular weight is 301 g/mol. The number of fused-ring (bicyclic) bond motifs is 1. The molecule has 0 saturated heterocycles. The number of aliphatic hydroxyl groups excluding tert-OH is 1. The van der Waals surface area contributed by atoms with Gasteiger partial charge in [0.1, 0.15) is 5.75 Å². The van der Waals surface area contributed by atoms with Crippen molar-refractivity contribution < 1.29 is 20.1 Å². The summed E-state index contributed by atoms with van der Waals surface area (Å²) in [5.41, 5.74) is 2.62. The van der Waals surface area contributed by atoms with Gasteiger partial charge in [-0.25, -0.2) is 0 Å². The minimum atomic E-state index is -0.637. The van der Waals surface area contributed by atoms with Crippen LogP contribution < -0.4 is 4.74 Å². The number of β-amino-alcohol motifs (C(OH)–C–C–N with tert-alkyl or cyclic N) is 1. The summed E-state index contributed by atoms with van der Waals surface area (Å²) in [7, 11) is 3.45. The quantitative estimate of drug-likeness (QED) is 0.793. The number of aliphatic hydroxyl groups is 1. The molecule has 0 amide bonds. The summed E-state index contributed by atoms with van der Waals surface area (Å²) < 4.78 is 5.18. The highest BCUT2D eigenvalue weighted by Gasteiger charge is 2.31. The fourth-order valence-corrected chi connectivity index (χ4v) is 3.11. The number of likely N-dealkylation sites (N-methyl/N-ethyl adjacent to an activating group) is 1. The van der Waals surface area contributed by atoms with Crippen LogP contribution in [0.2, 0.25) is 0 Å². The van der Waals surface area contributed by atoms with Crippen LogP contribution in [0.5, 0.6) is 17.2 Å². The maximum Gasteiger partial charge on any atom is 0.160 e. The Labute approximate surface area is 129 Å². The molecule has 5 heteroatoms. The van der Waals surface area contributed by atoms with E-state index in [-0.39, 0.29) is 17.5 Å². The summed E-state index contributed by atoms with van der Waals surface area (Å²) in [6, 6.07) is 10.2. The molecular weight excluding hydrogens is 282 g/mol. The summed E-state index contributed by atoms with van der Waals surface area (Å²) in [6.07, 6.45) is -0.637. The van der Waals surface area contributed by atoms with E-state index in [1.807, 2.05) is 24.1 Å². The molecule has 3 rings (SSSR count). The maximum atomic E-state index is 10.2. The van der Waals surface area contributed by atoms with Gasteiger partial charge in [-0.15, -0.1) is 0 Å². The third-order valence-corrected chi connectivity index (χ3v) is 4.15. The van der Waals surface area contributed by atoms with E-state index in [9.17, 15) is 15.3 Å². The Kier molecular flexibility index (Phi) is 3.68. The largest absolute Gasteiger partial charge is 0.508 e. The van der Waals surface area contributed by atoms with Gasteiger partial charge in [-0.05, 0) is 48.0 Å². The minimum absolute atomic E-state index is 0.0755. The second kappa shape index (κ2) is 5.51. The van der Waals surface area contributed by atoms with E-state index in [0.717, 1.165) is 16.7 Å². The van der Waals surface area contributed by atoms with Gasteiger partial charge in [-0.1, -0.05) is 12.1 Å².